The van der Waals surface area contributed by atoms with Gasteiger partial charge in [-0.05, 0) is 25.5 Å². The number of nitrogens with zero attached hydrogens (tertiary/aromatic N) is 3. The largest absolute Gasteiger partial charge is 0.366 e. The average molecular weight is 199 g/mol. The van der Waals surface area contributed by atoms with Crippen LogP contribution in [-0.4, -0.2) is 20.6 Å². The Kier molecular flexibility index (Phi) is 1.87. The molecule has 2 rings (SSSR count). The van der Waals surface area contributed by atoms with E-state index in [2.05, 4.69) is 17.1 Å². The third-order valence-corrected chi connectivity index (χ3v) is 3.93. The van der Waals surface area contributed by atoms with Gasteiger partial charge in [0.05, 0.1) is 4.75 Å². The summed E-state index contributed by atoms with van der Waals surface area (Å²) in [5.74, 6) is 7.94. The molecule has 0 aliphatic carbocycles. The van der Waals surface area contributed by atoms with Crippen molar-refractivity contribution in [3.63, 3.8) is 0 Å². The van der Waals surface area contributed by atoms with Crippen molar-refractivity contribution in [2.45, 2.75) is 24.5 Å². The number of aromatic nitrogens is 3. The molecule has 0 radical (unpaired) electrons. The molecule has 1 saturated heterocycles. The molecular weight excluding hydrogens is 186 g/mol. The molecular formula is C7H13N5S. The normalized spacial score (nSPS) is 28.1. The van der Waals surface area contributed by atoms with Crippen molar-refractivity contribution in [1.82, 2.24) is 14.9 Å². The van der Waals surface area contributed by atoms with E-state index < -0.39 is 0 Å². The van der Waals surface area contributed by atoms with Crippen molar-refractivity contribution in [1.29, 1.82) is 0 Å². The maximum atomic E-state index is 5.72. The third-order valence-electron chi connectivity index (χ3n) is 2.41. The molecule has 2 heterocycles. The Hall–Kier alpha value is -0.910. The summed E-state index contributed by atoms with van der Waals surface area (Å²) in [6, 6.07) is 0. The number of nitrogen functional groups attached to an aromatic ring is 2. The summed E-state index contributed by atoms with van der Waals surface area (Å²) >= 11 is 1.87. The Labute approximate surface area is 80.9 Å². The lowest BCUT2D eigenvalue weighted by atomic mass is 10.1. The molecule has 1 aliphatic heterocycles. The highest BCUT2D eigenvalue weighted by Gasteiger charge is 2.36. The van der Waals surface area contributed by atoms with Gasteiger partial charge in [-0.1, -0.05) is 0 Å². The lowest BCUT2D eigenvalue weighted by Gasteiger charge is -2.20. The van der Waals surface area contributed by atoms with Gasteiger partial charge in [0.15, 0.2) is 5.82 Å². The summed E-state index contributed by atoms with van der Waals surface area (Å²) in [5.41, 5.74) is 5.52. The van der Waals surface area contributed by atoms with Crippen LogP contribution in [0.1, 0.15) is 25.6 Å². The van der Waals surface area contributed by atoms with E-state index in [-0.39, 0.29) is 10.7 Å². The number of rotatable bonds is 1. The van der Waals surface area contributed by atoms with Crippen LogP contribution in [0.15, 0.2) is 0 Å². The molecule has 1 aromatic heterocycles. The molecule has 0 amide bonds. The van der Waals surface area contributed by atoms with Gasteiger partial charge in [0.1, 0.15) is 0 Å². The zero-order valence-corrected chi connectivity index (χ0v) is 8.34. The second kappa shape index (κ2) is 2.80. The summed E-state index contributed by atoms with van der Waals surface area (Å²) in [4.78, 5) is 0. The van der Waals surface area contributed by atoms with Gasteiger partial charge in [0.25, 0.3) is 0 Å². The van der Waals surface area contributed by atoms with E-state index in [0.717, 1.165) is 18.0 Å². The van der Waals surface area contributed by atoms with Gasteiger partial charge in [-0.25, -0.2) is 4.68 Å². The highest BCUT2D eigenvalue weighted by Crippen LogP contribution is 2.45. The van der Waals surface area contributed by atoms with Crippen LogP contribution in [-0.2, 0) is 4.75 Å². The fourth-order valence-electron chi connectivity index (χ4n) is 1.62. The Bertz CT molecular complexity index is 315. The fraction of sp³-hybridized carbons (Fsp3) is 0.714. The number of hydrogen-bond acceptors (Lipinski definition) is 5. The van der Waals surface area contributed by atoms with Crippen LogP contribution in [0.4, 0.5) is 5.95 Å². The zero-order valence-electron chi connectivity index (χ0n) is 7.53. The van der Waals surface area contributed by atoms with E-state index in [1.54, 1.807) is 0 Å². The van der Waals surface area contributed by atoms with E-state index in [4.69, 9.17) is 11.6 Å². The van der Waals surface area contributed by atoms with Crippen LogP contribution >= 0.6 is 11.8 Å². The Morgan fingerprint density at radius 1 is 1.54 bits per heavy atom. The standard InChI is InChI=1S/C7H13N5S/c1-7(3-2-4-13-7)5-10-11-6(8)12(5)9/h2-4,9H2,1H3,(H2,8,11). The van der Waals surface area contributed by atoms with E-state index >= 15 is 0 Å². The molecule has 0 spiro atoms. The highest BCUT2D eigenvalue weighted by molar-refractivity contribution is 8.00. The number of thioether (sulfide) groups is 1. The highest BCUT2D eigenvalue weighted by atomic mass is 32.2. The average Bonchev–Trinajstić information content (AvgIpc) is 2.63. The first-order chi connectivity index (χ1) is 6.13. The van der Waals surface area contributed by atoms with E-state index in [1.165, 1.54) is 11.1 Å². The predicted octanol–water partition coefficient (Wildman–Crippen LogP) is 0.316. The Morgan fingerprint density at radius 3 is 2.77 bits per heavy atom. The molecule has 4 N–H and O–H groups in total. The minimum Gasteiger partial charge on any atom is -0.366 e. The lowest BCUT2D eigenvalue weighted by Crippen LogP contribution is -2.25. The van der Waals surface area contributed by atoms with Gasteiger partial charge in [-0.3, -0.25) is 0 Å². The molecule has 6 heteroatoms. The van der Waals surface area contributed by atoms with Crippen molar-refractivity contribution in [3.05, 3.63) is 5.82 Å². The summed E-state index contributed by atoms with van der Waals surface area (Å²) in [6.07, 6.45) is 2.29. The summed E-state index contributed by atoms with van der Waals surface area (Å²) in [7, 11) is 0. The van der Waals surface area contributed by atoms with E-state index in [1.807, 2.05) is 11.8 Å². The van der Waals surface area contributed by atoms with Crippen LogP contribution in [0.5, 0.6) is 0 Å². The lowest BCUT2D eigenvalue weighted by molar-refractivity contribution is 0.587. The summed E-state index contributed by atoms with van der Waals surface area (Å²) in [6.45, 7) is 2.14. The molecule has 0 bridgehead atoms. The second-order valence-corrected chi connectivity index (χ2v) is 5.03. The number of hydrogen-bond donors (Lipinski definition) is 2. The second-order valence-electron chi connectivity index (χ2n) is 3.43. The van der Waals surface area contributed by atoms with Crippen LogP contribution < -0.4 is 11.6 Å². The molecule has 5 nitrogen and oxygen atoms in total. The molecule has 1 atom stereocenters. The Balaban J connectivity index is 2.39. The van der Waals surface area contributed by atoms with Crippen molar-refractivity contribution in [2.24, 2.45) is 0 Å². The van der Waals surface area contributed by atoms with E-state index in [0.29, 0.717) is 0 Å². The van der Waals surface area contributed by atoms with Crippen molar-refractivity contribution < 1.29 is 0 Å². The first kappa shape index (κ1) is 8.68. The SMILES string of the molecule is CC1(c2nnc(N)n2N)CCCS1. The van der Waals surface area contributed by atoms with Crippen LogP contribution in [0, 0.1) is 0 Å². The van der Waals surface area contributed by atoms with Gasteiger partial charge < -0.3 is 11.6 Å². The predicted molar refractivity (Wildman–Crippen MR) is 53.6 cm³/mol. The van der Waals surface area contributed by atoms with Crippen molar-refractivity contribution in [3.8, 4) is 0 Å². The monoisotopic (exact) mass is 199 g/mol. The first-order valence-corrected chi connectivity index (χ1v) is 5.22. The Morgan fingerprint density at radius 2 is 2.31 bits per heavy atom. The minimum atomic E-state index is -0.000625. The van der Waals surface area contributed by atoms with Gasteiger partial charge in [0.2, 0.25) is 5.95 Å². The number of anilines is 1. The minimum absolute atomic E-state index is 0.000625. The van der Waals surface area contributed by atoms with Crippen LogP contribution in [0.25, 0.3) is 0 Å². The first-order valence-electron chi connectivity index (χ1n) is 4.24. The summed E-state index contributed by atoms with van der Waals surface area (Å²) in [5, 5.41) is 7.77. The molecule has 1 fully saturated rings. The maximum absolute atomic E-state index is 5.72. The van der Waals surface area contributed by atoms with Crippen LogP contribution in [0.3, 0.4) is 0 Å². The van der Waals surface area contributed by atoms with Gasteiger partial charge >= 0.3 is 0 Å². The molecule has 13 heavy (non-hydrogen) atoms. The van der Waals surface area contributed by atoms with E-state index in [9.17, 15) is 0 Å². The summed E-state index contributed by atoms with van der Waals surface area (Å²) < 4.78 is 1.39. The van der Waals surface area contributed by atoms with Gasteiger partial charge in [0, 0.05) is 0 Å². The quantitative estimate of drug-likeness (QED) is 0.636. The maximum Gasteiger partial charge on any atom is 0.240 e. The van der Waals surface area contributed by atoms with Gasteiger partial charge in [-0.2, -0.15) is 0 Å². The van der Waals surface area contributed by atoms with Crippen molar-refractivity contribution in [2.75, 3.05) is 17.3 Å². The van der Waals surface area contributed by atoms with Crippen LogP contribution in [0.2, 0.25) is 0 Å². The van der Waals surface area contributed by atoms with Crippen molar-refractivity contribution >= 4 is 17.7 Å². The number of nitrogens with two attached hydrogens (primary N) is 2. The third kappa shape index (κ3) is 1.25. The molecule has 1 aromatic rings. The fourth-order valence-corrected chi connectivity index (χ4v) is 2.92. The molecule has 0 aromatic carbocycles. The molecule has 1 unspecified atom stereocenters. The smallest absolute Gasteiger partial charge is 0.240 e. The molecule has 0 saturated carbocycles. The zero-order chi connectivity index (χ0) is 9.47. The molecule has 72 valence electrons. The molecule has 1 aliphatic rings. The van der Waals surface area contributed by atoms with Gasteiger partial charge in [-0.15, -0.1) is 22.0 Å². The topological polar surface area (TPSA) is 82.8 Å².